The van der Waals surface area contributed by atoms with Crippen LogP contribution >= 0.6 is 22.9 Å². The van der Waals surface area contributed by atoms with Gasteiger partial charge < -0.3 is 9.47 Å². The molecule has 0 saturated carbocycles. The summed E-state index contributed by atoms with van der Waals surface area (Å²) in [5.41, 5.74) is 2.13. The van der Waals surface area contributed by atoms with Crippen molar-refractivity contribution in [1.29, 1.82) is 0 Å². The van der Waals surface area contributed by atoms with E-state index < -0.39 is 12.0 Å². The molecule has 1 unspecified atom stereocenters. The van der Waals surface area contributed by atoms with Crippen LogP contribution in [0.4, 0.5) is 0 Å². The first kappa shape index (κ1) is 24.0. The molecule has 0 fully saturated rings. The van der Waals surface area contributed by atoms with Crippen LogP contribution in [0.15, 0.2) is 81.7 Å². The lowest BCUT2D eigenvalue weighted by Crippen LogP contribution is -2.40. The summed E-state index contributed by atoms with van der Waals surface area (Å²) in [5, 5.41) is 2.46. The summed E-state index contributed by atoms with van der Waals surface area (Å²) < 4.78 is 13.3. The maximum Gasteiger partial charge on any atom is 0.338 e. The number of benzene rings is 3. The molecule has 0 N–H and O–H groups in total. The van der Waals surface area contributed by atoms with Crippen LogP contribution in [-0.4, -0.2) is 24.3 Å². The van der Waals surface area contributed by atoms with Crippen LogP contribution in [0.5, 0.6) is 5.75 Å². The number of allylic oxidation sites excluding steroid dienone is 1. The number of fused-ring (bicyclic) bond motifs is 2. The third kappa shape index (κ3) is 4.14. The Morgan fingerprint density at radius 1 is 1.14 bits per heavy atom. The Bertz CT molecular complexity index is 1700. The zero-order chi connectivity index (χ0) is 25.4. The third-order valence-electron chi connectivity index (χ3n) is 6.11. The molecule has 8 heteroatoms. The van der Waals surface area contributed by atoms with Crippen molar-refractivity contribution in [2.45, 2.75) is 19.9 Å². The van der Waals surface area contributed by atoms with Gasteiger partial charge in [0.2, 0.25) is 0 Å². The lowest BCUT2D eigenvalue weighted by atomic mass is 9.90. The van der Waals surface area contributed by atoms with Crippen LogP contribution in [-0.2, 0) is 9.53 Å². The Hall–Kier alpha value is -3.68. The second kappa shape index (κ2) is 9.76. The van der Waals surface area contributed by atoms with Crippen LogP contribution in [0, 0.1) is 0 Å². The van der Waals surface area contributed by atoms with Crippen molar-refractivity contribution >= 4 is 45.8 Å². The fourth-order valence-corrected chi connectivity index (χ4v) is 5.68. The smallest absolute Gasteiger partial charge is 0.338 e. The number of rotatable bonds is 5. The molecule has 182 valence electrons. The summed E-state index contributed by atoms with van der Waals surface area (Å²) in [4.78, 5) is 32.3. The largest absolute Gasteiger partial charge is 0.496 e. The van der Waals surface area contributed by atoms with E-state index in [0.717, 1.165) is 16.3 Å². The van der Waals surface area contributed by atoms with Crippen LogP contribution < -0.4 is 19.6 Å². The van der Waals surface area contributed by atoms with Gasteiger partial charge in [-0.1, -0.05) is 65.4 Å². The molecule has 0 amide bonds. The zero-order valence-corrected chi connectivity index (χ0v) is 21.5. The van der Waals surface area contributed by atoms with E-state index in [1.54, 1.807) is 43.7 Å². The standard InChI is InChI=1S/C28H23ClN2O4S/c1-4-35-27(33)23-16(2)30-28-31(26(32)22(36-28)15-17-9-12-19(29)13-10-17)25(23)24-20-8-6-5-7-18(20)11-14-21(24)34-3/h5-15,25H,4H2,1-3H3. The van der Waals surface area contributed by atoms with E-state index in [9.17, 15) is 9.59 Å². The minimum Gasteiger partial charge on any atom is -0.496 e. The van der Waals surface area contributed by atoms with E-state index in [2.05, 4.69) is 4.99 Å². The number of hydrogen-bond donors (Lipinski definition) is 0. The van der Waals surface area contributed by atoms with Crippen molar-refractivity contribution in [1.82, 2.24) is 4.57 Å². The predicted molar refractivity (Wildman–Crippen MR) is 142 cm³/mol. The average molecular weight is 519 g/mol. The topological polar surface area (TPSA) is 69.9 Å². The Morgan fingerprint density at radius 3 is 2.61 bits per heavy atom. The Morgan fingerprint density at radius 2 is 1.89 bits per heavy atom. The highest BCUT2D eigenvalue weighted by atomic mass is 35.5. The lowest BCUT2D eigenvalue weighted by molar-refractivity contribution is -0.139. The zero-order valence-electron chi connectivity index (χ0n) is 19.9. The second-order valence-electron chi connectivity index (χ2n) is 8.26. The third-order valence-corrected chi connectivity index (χ3v) is 7.34. The van der Waals surface area contributed by atoms with Gasteiger partial charge in [0.25, 0.3) is 5.56 Å². The van der Waals surface area contributed by atoms with Crippen molar-refractivity contribution in [3.05, 3.63) is 108 Å². The molecule has 1 aliphatic heterocycles. The van der Waals surface area contributed by atoms with Crippen molar-refractivity contribution < 1.29 is 14.3 Å². The van der Waals surface area contributed by atoms with Gasteiger partial charge in [-0.3, -0.25) is 9.36 Å². The highest BCUT2D eigenvalue weighted by Gasteiger charge is 2.36. The van der Waals surface area contributed by atoms with Gasteiger partial charge in [-0.2, -0.15) is 0 Å². The lowest BCUT2D eigenvalue weighted by Gasteiger charge is -2.27. The minimum atomic E-state index is -0.770. The molecule has 1 aliphatic rings. The summed E-state index contributed by atoms with van der Waals surface area (Å²) in [6.45, 7) is 3.73. The number of nitrogens with zero attached hydrogens (tertiary/aromatic N) is 2. The maximum atomic E-state index is 13.9. The van der Waals surface area contributed by atoms with Gasteiger partial charge >= 0.3 is 5.97 Å². The van der Waals surface area contributed by atoms with E-state index in [1.165, 1.54) is 11.3 Å². The molecule has 0 bridgehead atoms. The van der Waals surface area contributed by atoms with Crippen molar-refractivity contribution in [3.63, 3.8) is 0 Å². The van der Waals surface area contributed by atoms with Crippen LogP contribution in [0.2, 0.25) is 5.02 Å². The normalized spacial score (nSPS) is 15.6. The molecule has 0 spiro atoms. The predicted octanol–water partition coefficient (Wildman–Crippen LogP) is 4.61. The number of methoxy groups -OCH3 is 1. The number of thiazole rings is 1. The van der Waals surface area contributed by atoms with Gasteiger partial charge in [0.1, 0.15) is 11.8 Å². The molecule has 0 aliphatic carbocycles. The molecule has 4 aromatic rings. The molecule has 36 heavy (non-hydrogen) atoms. The van der Waals surface area contributed by atoms with Gasteiger partial charge in [-0.15, -0.1) is 0 Å². The number of hydrogen-bond acceptors (Lipinski definition) is 6. The molecule has 0 saturated heterocycles. The van der Waals surface area contributed by atoms with E-state index in [1.807, 2.05) is 48.5 Å². The van der Waals surface area contributed by atoms with Crippen LogP contribution in [0.1, 0.15) is 31.0 Å². The number of carbonyl (C=O) groups excluding carboxylic acids is 1. The number of carbonyl (C=O) groups is 1. The summed E-state index contributed by atoms with van der Waals surface area (Å²) in [6.07, 6.45) is 1.81. The SMILES string of the molecule is CCOC(=O)C1=C(C)N=c2sc(=Cc3ccc(Cl)cc3)c(=O)n2C1c1c(OC)ccc2ccccc12. The molecular formula is C28H23ClN2O4S. The highest BCUT2D eigenvalue weighted by Crippen LogP contribution is 2.40. The van der Waals surface area contributed by atoms with E-state index in [-0.39, 0.29) is 12.2 Å². The van der Waals surface area contributed by atoms with Crippen molar-refractivity contribution in [3.8, 4) is 5.75 Å². The van der Waals surface area contributed by atoms with Gasteiger partial charge in [0, 0.05) is 10.6 Å². The fourth-order valence-electron chi connectivity index (χ4n) is 4.51. The number of halogens is 1. The van der Waals surface area contributed by atoms with E-state index in [0.29, 0.717) is 36.9 Å². The Kier molecular flexibility index (Phi) is 6.51. The molecule has 1 aromatic heterocycles. The molecule has 2 heterocycles. The molecule has 0 radical (unpaired) electrons. The van der Waals surface area contributed by atoms with Gasteiger partial charge in [0.05, 0.1) is 29.5 Å². The van der Waals surface area contributed by atoms with Crippen molar-refractivity contribution in [2.75, 3.05) is 13.7 Å². The van der Waals surface area contributed by atoms with E-state index in [4.69, 9.17) is 21.1 Å². The van der Waals surface area contributed by atoms with Crippen molar-refractivity contribution in [2.24, 2.45) is 4.99 Å². The summed E-state index contributed by atoms with van der Waals surface area (Å²) in [7, 11) is 1.58. The number of aromatic nitrogens is 1. The molecule has 1 atom stereocenters. The average Bonchev–Trinajstić information content (AvgIpc) is 3.18. The van der Waals surface area contributed by atoms with Gasteiger partial charge in [-0.05, 0) is 54.5 Å². The second-order valence-corrected chi connectivity index (χ2v) is 9.70. The summed E-state index contributed by atoms with van der Waals surface area (Å²) in [5.74, 6) is 0.0631. The maximum absolute atomic E-state index is 13.9. The molecular weight excluding hydrogens is 496 g/mol. The van der Waals surface area contributed by atoms with Crippen LogP contribution in [0.3, 0.4) is 0 Å². The molecule has 3 aromatic carbocycles. The number of ether oxygens (including phenoxy) is 2. The first-order chi connectivity index (χ1) is 17.4. The molecule has 5 rings (SSSR count). The minimum absolute atomic E-state index is 0.204. The first-order valence-electron chi connectivity index (χ1n) is 11.4. The summed E-state index contributed by atoms with van der Waals surface area (Å²) in [6, 6.07) is 18.1. The Balaban J connectivity index is 1.84. The first-order valence-corrected chi connectivity index (χ1v) is 12.6. The van der Waals surface area contributed by atoms with Gasteiger partial charge in [-0.25, -0.2) is 9.79 Å². The summed E-state index contributed by atoms with van der Waals surface area (Å²) >= 11 is 7.30. The quantitative estimate of drug-likeness (QED) is 0.362. The van der Waals surface area contributed by atoms with E-state index >= 15 is 0 Å². The van der Waals surface area contributed by atoms with Crippen LogP contribution in [0.25, 0.3) is 16.8 Å². The van der Waals surface area contributed by atoms with Gasteiger partial charge in [0.15, 0.2) is 4.80 Å². The Labute approximate surface area is 216 Å². The highest BCUT2D eigenvalue weighted by molar-refractivity contribution is 7.07. The monoisotopic (exact) mass is 518 g/mol. The number of esters is 1. The fraction of sp³-hybridized carbons (Fsp3) is 0.179. The molecule has 6 nitrogen and oxygen atoms in total.